The van der Waals surface area contributed by atoms with Gasteiger partial charge in [-0.05, 0) is 39.7 Å². The first kappa shape index (κ1) is 30.9. The maximum absolute atomic E-state index is 15.8. The lowest BCUT2D eigenvalue weighted by atomic mass is 9.84. The molecule has 0 saturated carbocycles. The zero-order valence-electron chi connectivity index (χ0n) is 25.5. The largest absolute Gasteiger partial charge is 0.481 e. The van der Waals surface area contributed by atoms with Gasteiger partial charge in [0, 0.05) is 57.4 Å². The molecular weight excluding hydrogens is 561 g/mol. The molecule has 232 valence electrons. The minimum Gasteiger partial charge on any atom is -0.481 e. The number of methoxy groups -OCH3 is 2. The number of nitrogens with one attached hydrogen (secondary N) is 1. The summed E-state index contributed by atoms with van der Waals surface area (Å²) in [6.07, 6.45) is 2.39. The Hall–Kier alpha value is -3.51. The molecule has 0 spiro atoms. The van der Waals surface area contributed by atoms with E-state index in [1.54, 1.807) is 25.9 Å². The molecule has 2 saturated heterocycles. The maximum Gasteiger partial charge on any atom is 0.281 e. The molecule has 12 heteroatoms. The van der Waals surface area contributed by atoms with Gasteiger partial charge >= 0.3 is 0 Å². The number of piperidine rings is 1. The van der Waals surface area contributed by atoms with Crippen molar-refractivity contribution in [1.29, 1.82) is 0 Å². The number of carbonyl (C=O) groups is 1. The molecule has 0 aliphatic carbocycles. The normalized spacial score (nSPS) is 18.5. The smallest absolute Gasteiger partial charge is 0.281 e. The minimum atomic E-state index is -3.30. The molecule has 3 aromatic rings. The summed E-state index contributed by atoms with van der Waals surface area (Å²) in [6.45, 7) is 8.63. The molecular formula is C31H39F3N6O3. The third-order valence-corrected chi connectivity index (χ3v) is 9.04. The van der Waals surface area contributed by atoms with Crippen molar-refractivity contribution in [2.75, 3.05) is 45.7 Å². The fraction of sp³-hybridized carbons (Fsp3) is 0.548. The van der Waals surface area contributed by atoms with Crippen LogP contribution in [0.3, 0.4) is 0 Å². The van der Waals surface area contributed by atoms with Gasteiger partial charge in [-0.25, -0.2) is 23.1 Å². The van der Waals surface area contributed by atoms with Gasteiger partial charge in [-0.1, -0.05) is 18.2 Å². The number of fused-ring (bicyclic) bond motifs is 1. The number of carbonyl (C=O) groups excluding carboxylic acids is 1. The van der Waals surface area contributed by atoms with Crippen molar-refractivity contribution in [3.63, 3.8) is 0 Å². The number of hydrogen-bond donors (Lipinski definition) is 1. The topological polar surface area (TPSA) is 92.7 Å². The Kier molecular flexibility index (Phi) is 8.54. The van der Waals surface area contributed by atoms with E-state index in [9.17, 15) is 4.79 Å². The predicted octanol–water partition coefficient (Wildman–Crippen LogP) is 5.26. The average Bonchev–Trinajstić information content (AvgIpc) is 2.95. The van der Waals surface area contributed by atoms with Crippen LogP contribution in [0.1, 0.15) is 63.3 Å². The number of ether oxygens (including phenoxy) is 2. The number of anilines is 1. The number of rotatable bonds is 9. The number of nitrogens with zero attached hydrogens (tertiary/aromatic N) is 5. The molecule has 5 rings (SSSR count). The molecule has 2 aliphatic rings. The quantitative estimate of drug-likeness (QED) is 0.356. The molecule has 2 fully saturated rings. The summed E-state index contributed by atoms with van der Waals surface area (Å²) in [5.41, 5.74) is -0.223. The van der Waals surface area contributed by atoms with E-state index in [4.69, 9.17) is 9.47 Å². The van der Waals surface area contributed by atoms with Crippen molar-refractivity contribution >= 4 is 22.8 Å². The van der Waals surface area contributed by atoms with Crippen molar-refractivity contribution in [3.05, 3.63) is 53.1 Å². The lowest BCUT2D eigenvalue weighted by Crippen LogP contribution is -2.56. The first-order valence-electron chi connectivity index (χ1n) is 14.6. The zero-order chi connectivity index (χ0) is 31.1. The Bertz CT molecular complexity index is 1490. The van der Waals surface area contributed by atoms with Crippen molar-refractivity contribution in [3.8, 4) is 5.88 Å². The number of halogens is 3. The number of likely N-dealkylation sites (tertiary alicyclic amines) is 2. The van der Waals surface area contributed by atoms with Gasteiger partial charge in [0.1, 0.15) is 23.6 Å². The second-order valence-electron chi connectivity index (χ2n) is 11.8. The fourth-order valence-corrected chi connectivity index (χ4v) is 6.14. The van der Waals surface area contributed by atoms with E-state index in [1.807, 2.05) is 24.8 Å². The van der Waals surface area contributed by atoms with Crippen LogP contribution in [-0.2, 0) is 21.1 Å². The summed E-state index contributed by atoms with van der Waals surface area (Å²) in [5.74, 6) is -4.45. The number of aromatic nitrogens is 3. The van der Waals surface area contributed by atoms with E-state index < -0.39 is 34.9 Å². The van der Waals surface area contributed by atoms with Crippen LogP contribution in [-0.4, -0.2) is 77.1 Å². The number of alkyl halides is 2. The second kappa shape index (κ2) is 11.9. The molecule has 1 atom stereocenters. The maximum atomic E-state index is 15.8. The first-order valence-corrected chi connectivity index (χ1v) is 14.6. The van der Waals surface area contributed by atoms with E-state index in [-0.39, 0.29) is 30.6 Å². The number of pyridine rings is 1. The number of hydrogen-bond acceptors (Lipinski definition) is 8. The summed E-state index contributed by atoms with van der Waals surface area (Å²) in [6, 6.07) is 5.46. The SMILES string of the molecule is COc1nc2ncnc(N[C@H](C)c3cccc(C(F)(F)C4CN(C(C)C)C4)c3F)c2cc1C1(OC)CCN(C(C)=O)CC1. The van der Waals surface area contributed by atoms with Crippen molar-refractivity contribution in [2.24, 2.45) is 5.92 Å². The molecule has 0 radical (unpaired) electrons. The van der Waals surface area contributed by atoms with E-state index >= 15 is 13.2 Å². The summed E-state index contributed by atoms with van der Waals surface area (Å²) >= 11 is 0. The van der Waals surface area contributed by atoms with Gasteiger partial charge in [0.25, 0.3) is 5.92 Å². The highest BCUT2D eigenvalue weighted by Crippen LogP contribution is 2.45. The van der Waals surface area contributed by atoms with Crippen molar-refractivity contribution < 1.29 is 27.4 Å². The van der Waals surface area contributed by atoms with Crippen molar-refractivity contribution in [2.45, 2.75) is 64.1 Å². The van der Waals surface area contributed by atoms with Gasteiger partial charge in [0.2, 0.25) is 11.8 Å². The van der Waals surface area contributed by atoms with E-state index in [0.29, 0.717) is 54.2 Å². The lowest BCUT2D eigenvalue weighted by molar-refractivity contribution is -0.135. The summed E-state index contributed by atoms with van der Waals surface area (Å²) in [7, 11) is 3.13. The van der Waals surface area contributed by atoms with Gasteiger partial charge in [-0.2, -0.15) is 4.98 Å². The molecule has 0 unspecified atom stereocenters. The highest BCUT2D eigenvalue weighted by atomic mass is 19.3. The van der Waals surface area contributed by atoms with Crippen LogP contribution in [0.5, 0.6) is 5.88 Å². The molecule has 1 N–H and O–H groups in total. The van der Waals surface area contributed by atoms with Crippen LogP contribution in [0, 0.1) is 11.7 Å². The third kappa shape index (κ3) is 5.62. The molecule has 43 heavy (non-hydrogen) atoms. The molecule has 0 bridgehead atoms. The highest BCUT2D eigenvalue weighted by molar-refractivity contribution is 5.87. The second-order valence-corrected chi connectivity index (χ2v) is 11.8. The third-order valence-electron chi connectivity index (χ3n) is 9.04. The van der Waals surface area contributed by atoms with Crippen LogP contribution in [0.4, 0.5) is 19.0 Å². The van der Waals surface area contributed by atoms with Gasteiger partial charge in [-0.3, -0.25) is 9.69 Å². The first-order chi connectivity index (χ1) is 20.4. The fourth-order valence-electron chi connectivity index (χ4n) is 6.14. The summed E-state index contributed by atoms with van der Waals surface area (Å²) < 4.78 is 58.3. The molecule has 4 heterocycles. The zero-order valence-corrected chi connectivity index (χ0v) is 25.5. The Morgan fingerprint density at radius 1 is 1.14 bits per heavy atom. The van der Waals surface area contributed by atoms with Gasteiger partial charge in [0.05, 0.1) is 30.0 Å². The summed E-state index contributed by atoms with van der Waals surface area (Å²) in [5, 5.41) is 3.74. The average molecular weight is 601 g/mol. The predicted molar refractivity (Wildman–Crippen MR) is 157 cm³/mol. The lowest BCUT2D eigenvalue weighted by Gasteiger charge is -2.45. The van der Waals surface area contributed by atoms with E-state index in [1.165, 1.54) is 31.6 Å². The molecule has 1 amide bonds. The molecule has 9 nitrogen and oxygen atoms in total. The molecule has 2 aromatic heterocycles. The number of benzene rings is 1. The van der Waals surface area contributed by atoms with Crippen LogP contribution in [0.25, 0.3) is 11.0 Å². The highest BCUT2D eigenvalue weighted by Gasteiger charge is 2.50. The van der Waals surface area contributed by atoms with E-state index in [0.717, 1.165) is 0 Å². The van der Waals surface area contributed by atoms with Gasteiger partial charge in [0.15, 0.2) is 5.65 Å². The van der Waals surface area contributed by atoms with Crippen LogP contribution < -0.4 is 10.1 Å². The van der Waals surface area contributed by atoms with Crippen LogP contribution >= 0.6 is 0 Å². The van der Waals surface area contributed by atoms with Gasteiger partial charge < -0.3 is 19.7 Å². The Balaban J connectivity index is 1.46. The molecule has 1 aromatic carbocycles. The minimum absolute atomic E-state index is 0.00135. The van der Waals surface area contributed by atoms with Gasteiger partial charge in [-0.15, -0.1) is 0 Å². The van der Waals surface area contributed by atoms with E-state index in [2.05, 4.69) is 20.3 Å². The summed E-state index contributed by atoms with van der Waals surface area (Å²) in [4.78, 5) is 29.0. The van der Waals surface area contributed by atoms with Crippen molar-refractivity contribution in [1.82, 2.24) is 24.8 Å². The Labute approximate surface area is 249 Å². The molecule has 2 aliphatic heterocycles. The monoisotopic (exact) mass is 600 g/mol. The Morgan fingerprint density at radius 2 is 1.84 bits per heavy atom. The van der Waals surface area contributed by atoms with Crippen LogP contribution in [0.2, 0.25) is 0 Å². The Morgan fingerprint density at radius 3 is 2.44 bits per heavy atom. The van der Waals surface area contributed by atoms with Crippen LogP contribution in [0.15, 0.2) is 30.6 Å². The number of amides is 1. The standard InChI is InChI=1S/C31H39F3N6O3/c1-18(2)40-15-21(16-40)31(33,34)24-9-7-8-22(26(24)32)19(3)37-27-23-14-25(29(42-5)38-28(23)36-17-35-27)30(43-6)10-12-39(13-11-30)20(4)41/h7-9,14,17-19,21H,10-13,15-16H2,1-6H3,(H,35,36,37,38)/t19-/m1/s1.